The third kappa shape index (κ3) is 7.60. The van der Waals surface area contributed by atoms with E-state index in [1.807, 2.05) is 44.2 Å². The molecule has 0 unspecified atom stereocenters. The van der Waals surface area contributed by atoms with E-state index in [4.69, 9.17) is 19.6 Å². The van der Waals surface area contributed by atoms with Crippen molar-refractivity contribution in [1.29, 1.82) is 0 Å². The maximum atomic E-state index is 12.7. The van der Waals surface area contributed by atoms with E-state index < -0.39 is 0 Å². The van der Waals surface area contributed by atoms with Gasteiger partial charge in [-0.3, -0.25) is 5.41 Å². The Morgan fingerprint density at radius 2 is 1.87 bits per heavy atom. The molecule has 7 heteroatoms. The maximum absolute atomic E-state index is 12.7. The van der Waals surface area contributed by atoms with E-state index in [0.717, 1.165) is 11.3 Å². The number of hydrogen-bond acceptors (Lipinski definition) is 5. The minimum absolute atomic E-state index is 0.187. The first-order chi connectivity index (χ1) is 14.4. The number of hydrogen-bond donors (Lipinski definition) is 3. The van der Waals surface area contributed by atoms with Crippen LogP contribution in [-0.2, 0) is 11.3 Å². The van der Waals surface area contributed by atoms with Gasteiger partial charge in [0.2, 0.25) is 0 Å². The molecule has 1 amide bonds. The number of allylic oxidation sites excluding steroid dienone is 1. The van der Waals surface area contributed by atoms with Gasteiger partial charge in [0.15, 0.2) is 0 Å². The first-order valence-electron chi connectivity index (χ1n) is 9.68. The van der Waals surface area contributed by atoms with Gasteiger partial charge in [-0.15, -0.1) is 0 Å². The molecule has 2 aromatic rings. The zero-order valence-corrected chi connectivity index (χ0v) is 17.9. The van der Waals surface area contributed by atoms with Crippen molar-refractivity contribution in [3.05, 3.63) is 71.4 Å². The van der Waals surface area contributed by atoms with Crippen LogP contribution in [0.2, 0.25) is 0 Å². The zero-order valence-electron chi connectivity index (χ0n) is 17.9. The van der Waals surface area contributed by atoms with E-state index in [0.29, 0.717) is 30.3 Å². The average molecular weight is 413 g/mol. The van der Waals surface area contributed by atoms with Gasteiger partial charge in [-0.1, -0.05) is 30.3 Å². The number of rotatable bonds is 10. The Morgan fingerprint density at radius 1 is 1.17 bits per heavy atom. The van der Waals surface area contributed by atoms with Crippen LogP contribution < -0.4 is 25.5 Å². The van der Waals surface area contributed by atoms with Crippen LogP contribution in [0.5, 0.6) is 11.5 Å². The summed E-state index contributed by atoms with van der Waals surface area (Å²) in [4.78, 5) is 12.7. The Balaban J connectivity index is 2.21. The molecule has 1 atom stereocenters. The number of carbonyl (C=O) groups is 1. The lowest BCUT2D eigenvalue weighted by molar-refractivity contribution is -0.115. The van der Waals surface area contributed by atoms with Crippen molar-refractivity contribution in [2.75, 3.05) is 20.8 Å². The molecule has 0 heterocycles. The number of nitrogens with one attached hydrogen (secondary N) is 2. The van der Waals surface area contributed by atoms with Gasteiger partial charge in [0.1, 0.15) is 24.2 Å². The van der Waals surface area contributed by atoms with Crippen molar-refractivity contribution in [2.24, 2.45) is 0 Å². The monoisotopic (exact) mass is 412 g/mol. The molecule has 0 aliphatic heterocycles. The predicted octanol–water partition coefficient (Wildman–Crippen LogP) is 1.69. The van der Waals surface area contributed by atoms with E-state index in [1.54, 1.807) is 38.4 Å². The van der Waals surface area contributed by atoms with Gasteiger partial charge in [-0.05, 0) is 31.5 Å². The standard InChI is InChI=1S/C23H29N3O4/c1-16(25-3)10-22(24)26-23(27)19-11-20(29-15-18-8-6-5-7-9-18)13-21(12-19)30-17(2)14-28-4/h5-13,17,25H,14-15H2,1-4H3,(H2,24,26,27)/p+1/b16-10-/t17-/m0/s1. The molecule has 2 aromatic carbocycles. The van der Waals surface area contributed by atoms with Crippen LogP contribution in [0.25, 0.3) is 0 Å². The molecule has 160 valence electrons. The lowest BCUT2D eigenvalue weighted by Crippen LogP contribution is -2.50. The summed E-state index contributed by atoms with van der Waals surface area (Å²) in [6.07, 6.45) is 1.46. The van der Waals surface area contributed by atoms with Crippen LogP contribution in [0.4, 0.5) is 0 Å². The summed E-state index contributed by atoms with van der Waals surface area (Å²) in [6.45, 7) is 4.53. The molecule has 7 nitrogen and oxygen atoms in total. The molecule has 0 bridgehead atoms. The Bertz CT molecular complexity index is 881. The van der Waals surface area contributed by atoms with E-state index in [9.17, 15) is 4.79 Å². The SMILES string of the molecule is CN/C(C)=C\C(=[NH2+])NC(=O)c1cc(OCc2ccccc2)cc(O[C@@H](C)COC)c1. The van der Waals surface area contributed by atoms with Gasteiger partial charge in [0.25, 0.3) is 5.84 Å². The van der Waals surface area contributed by atoms with Crippen molar-refractivity contribution < 1.29 is 24.4 Å². The van der Waals surface area contributed by atoms with Crippen molar-refractivity contribution >= 4 is 11.7 Å². The summed E-state index contributed by atoms with van der Waals surface area (Å²) >= 11 is 0. The normalized spacial score (nSPS) is 12.1. The Kier molecular flexibility index (Phi) is 8.90. The zero-order chi connectivity index (χ0) is 21.9. The smallest absolute Gasteiger partial charge is 0.339 e. The maximum Gasteiger partial charge on any atom is 0.339 e. The second kappa shape index (κ2) is 11.6. The fourth-order valence-electron chi connectivity index (χ4n) is 2.64. The number of methoxy groups -OCH3 is 1. The van der Waals surface area contributed by atoms with Crippen LogP contribution in [-0.4, -0.2) is 38.6 Å². The summed E-state index contributed by atoms with van der Waals surface area (Å²) in [6, 6.07) is 14.9. The van der Waals surface area contributed by atoms with Gasteiger partial charge in [0.05, 0.1) is 12.2 Å². The number of nitrogens with two attached hydrogens (primary N) is 1. The molecular weight excluding hydrogens is 382 g/mol. The number of benzene rings is 2. The van der Waals surface area contributed by atoms with Crippen molar-refractivity contribution in [1.82, 2.24) is 10.6 Å². The Hall–Kier alpha value is -3.32. The van der Waals surface area contributed by atoms with E-state index in [2.05, 4.69) is 10.6 Å². The summed E-state index contributed by atoms with van der Waals surface area (Å²) in [7, 11) is 3.39. The number of amidine groups is 1. The lowest BCUT2D eigenvalue weighted by atomic mass is 10.1. The minimum atomic E-state index is -0.359. The highest BCUT2D eigenvalue weighted by molar-refractivity contribution is 6.08. The highest BCUT2D eigenvalue weighted by Gasteiger charge is 2.17. The predicted molar refractivity (Wildman–Crippen MR) is 116 cm³/mol. The largest absolute Gasteiger partial charge is 0.489 e. The summed E-state index contributed by atoms with van der Waals surface area (Å²) < 4.78 is 16.9. The number of amides is 1. The van der Waals surface area contributed by atoms with E-state index in [1.165, 1.54) is 0 Å². The molecule has 0 aliphatic rings. The second-order valence-corrected chi connectivity index (χ2v) is 6.84. The molecule has 0 radical (unpaired) electrons. The Labute approximate surface area is 177 Å². The third-order valence-electron chi connectivity index (χ3n) is 4.15. The fraction of sp³-hybridized carbons (Fsp3) is 0.304. The van der Waals surface area contributed by atoms with Gasteiger partial charge < -0.3 is 19.5 Å². The minimum Gasteiger partial charge on any atom is -0.489 e. The molecule has 0 saturated carbocycles. The van der Waals surface area contributed by atoms with Crippen LogP contribution in [0.15, 0.2) is 60.3 Å². The molecule has 0 aliphatic carbocycles. The molecule has 0 spiro atoms. The van der Waals surface area contributed by atoms with Crippen LogP contribution in [0.1, 0.15) is 29.8 Å². The van der Waals surface area contributed by atoms with Gasteiger partial charge in [0, 0.05) is 32.0 Å². The Morgan fingerprint density at radius 3 is 2.53 bits per heavy atom. The summed E-state index contributed by atoms with van der Waals surface area (Å²) in [5.41, 5.74) is 2.22. The van der Waals surface area contributed by atoms with E-state index in [-0.39, 0.29) is 17.8 Å². The number of ether oxygens (including phenoxy) is 3. The topological polar surface area (TPSA) is 94.4 Å². The molecule has 0 fully saturated rings. The third-order valence-corrected chi connectivity index (χ3v) is 4.15. The highest BCUT2D eigenvalue weighted by Crippen LogP contribution is 2.25. The second-order valence-electron chi connectivity index (χ2n) is 6.84. The van der Waals surface area contributed by atoms with E-state index >= 15 is 0 Å². The van der Waals surface area contributed by atoms with Gasteiger partial charge >= 0.3 is 5.91 Å². The molecular formula is C23H30N3O4+. The fourth-order valence-corrected chi connectivity index (χ4v) is 2.64. The first kappa shape index (κ1) is 23.0. The van der Waals surface area contributed by atoms with Crippen LogP contribution in [0, 0.1) is 0 Å². The van der Waals surface area contributed by atoms with Crippen molar-refractivity contribution in [3.8, 4) is 11.5 Å². The van der Waals surface area contributed by atoms with Gasteiger partial charge in [-0.25, -0.2) is 10.1 Å². The first-order valence-corrected chi connectivity index (χ1v) is 9.68. The van der Waals surface area contributed by atoms with Crippen molar-refractivity contribution in [3.63, 3.8) is 0 Å². The molecule has 0 saturated heterocycles. The molecule has 2 rings (SSSR count). The highest BCUT2D eigenvalue weighted by atomic mass is 16.5. The molecule has 30 heavy (non-hydrogen) atoms. The summed E-state index contributed by atoms with van der Waals surface area (Å²) in [5.74, 6) is 0.905. The summed E-state index contributed by atoms with van der Waals surface area (Å²) in [5, 5.41) is 11.5. The van der Waals surface area contributed by atoms with Crippen molar-refractivity contribution in [2.45, 2.75) is 26.6 Å². The van der Waals surface area contributed by atoms with Gasteiger partial charge in [-0.2, -0.15) is 0 Å². The van der Waals surface area contributed by atoms with Crippen LogP contribution in [0.3, 0.4) is 0 Å². The quantitative estimate of drug-likeness (QED) is 0.408. The molecule has 0 aromatic heterocycles. The lowest BCUT2D eigenvalue weighted by Gasteiger charge is -2.16. The average Bonchev–Trinajstić information content (AvgIpc) is 2.72. The molecule has 4 N–H and O–H groups in total. The number of carbonyl (C=O) groups excluding carboxylic acids is 1. The van der Waals surface area contributed by atoms with Crippen LogP contribution >= 0.6 is 0 Å².